The van der Waals surface area contributed by atoms with Crippen LogP contribution in [0.3, 0.4) is 0 Å². The van der Waals surface area contributed by atoms with Gasteiger partial charge in [0, 0.05) is 6.54 Å². The summed E-state index contributed by atoms with van der Waals surface area (Å²) < 4.78 is 10.3. The van der Waals surface area contributed by atoms with E-state index in [1.54, 1.807) is 0 Å². The maximum atomic E-state index is 11.6. The number of likely N-dealkylation sites (tertiary alicyclic amines) is 1. The zero-order valence-electron chi connectivity index (χ0n) is 11.8. The number of hydrogen-bond acceptors (Lipinski definition) is 6. The van der Waals surface area contributed by atoms with E-state index in [4.69, 9.17) is 15.2 Å². The van der Waals surface area contributed by atoms with Crippen molar-refractivity contribution in [3.8, 4) is 5.88 Å². The molecule has 6 nitrogen and oxygen atoms in total. The molecule has 1 aromatic rings. The standard InChI is InChI=1S/C14H21N3O3/c1-19-14(18)12-9-11(15)10-16-13(12)20-8-7-17-5-3-2-4-6-17/h9-10H,2-8,15H2,1H3. The average molecular weight is 279 g/mol. The molecule has 1 fully saturated rings. The second-order valence-electron chi connectivity index (χ2n) is 4.86. The lowest BCUT2D eigenvalue weighted by atomic mass is 10.1. The molecule has 6 heteroatoms. The molecule has 0 spiro atoms. The fraction of sp³-hybridized carbons (Fsp3) is 0.571. The van der Waals surface area contributed by atoms with E-state index in [0.29, 0.717) is 12.3 Å². The minimum Gasteiger partial charge on any atom is -0.476 e. The van der Waals surface area contributed by atoms with Gasteiger partial charge in [-0.05, 0) is 32.0 Å². The Bertz CT molecular complexity index is 459. The van der Waals surface area contributed by atoms with Gasteiger partial charge >= 0.3 is 5.97 Å². The van der Waals surface area contributed by atoms with Crippen molar-refractivity contribution in [2.24, 2.45) is 0 Å². The molecule has 0 radical (unpaired) electrons. The highest BCUT2D eigenvalue weighted by Gasteiger charge is 2.16. The Labute approximate surface area is 118 Å². The first-order valence-electron chi connectivity index (χ1n) is 6.89. The molecule has 2 N–H and O–H groups in total. The summed E-state index contributed by atoms with van der Waals surface area (Å²) in [6.45, 7) is 3.57. The lowest BCUT2D eigenvalue weighted by Gasteiger charge is -2.26. The van der Waals surface area contributed by atoms with Crippen LogP contribution in [0.4, 0.5) is 5.69 Å². The first-order valence-corrected chi connectivity index (χ1v) is 6.89. The smallest absolute Gasteiger partial charge is 0.343 e. The third-order valence-electron chi connectivity index (χ3n) is 3.37. The topological polar surface area (TPSA) is 77.7 Å². The number of nitrogen functional groups attached to an aromatic ring is 1. The van der Waals surface area contributed by atoms with Crippen molar-refractivity contribution >= 4 is 11.7 Å². The van der Waals surface area contributed by atoms with Crippen molar-refractivity contribution in [2.75, 3.05) is 39.1 Å². The molecule has 1 aliphatic heterocycles. The van der Waals surface area contributed by atoms with Crippen LogP contribution in [0.25, 0.3) is 0 Å². The number of carbonyl (C=O) groups is 1. The molecule has 20 heavy (non-hydrogen) atoms. The molecule has 0 aliphatic carbocycles. The second-order valence-corrected chi connectivity index (χ2v) is 4.86. The summed E-state index contributed by atoms with van der Waals surface area (Å²) in [5.41, 5.74) is 6.31. The normalized spacial score (nSPS) is 15.8. The fourth-order valence-electron chi connectivity index (χ4n) is 2.29. The summed E-state index contributed by atoms with van der Waals surface area (Å²) in [6.07, 6.45) is 5.27. The molecule has 0 aromatic carbocycles. The van der Waals surface area contributed by atoms with Crippen LogP contribution in [0.1, 0.15) is 29.6 Å². The molecule has 1 aromatic heterocycles. The Kier molecular flexibility index (Phi) is 5.17. The van der Waals surface area contributed by atoms with Crippen LogP contribution in [0.15, 0.2) is 12.3 Å². The summed E-state index contributed by atoms with van der Waals surface area (Å²) in [4.78, 5) is 18.1. The van der Waals surface area contributed by atoms with Crippen LogP contribution < -0.4 is 10.5 Å². The molecule has 0 atom stereocenters. The number of piperidine rings is 1. The van der Waals surface area contributed by atoms with Gasteiger partial charge in [-0.25, -0.2) is 9.78 Å². The van der Waals surface area contributed by atoms with Gasteiger partial charge < -0.3 is 15.2 Å². The monoisotopic (exact) mass is 279 g/mol. The Morgan fingerprint density at radius 3 is 2.85 bits per heavy atom. The highest BCUT2D eigenvalue weighted by Crippen LogP contribution is 2.19. The predicted molar refractivity (Wildman–Crippen MR) is 75.8 cm³/mol. The molecular weight excluding hydrogens is 258 g/mol. The van der Waals surface area contributed by atoms with E-state index >= 15 is 0 Å². The van der Waals surface area contributed by atoms with Gasteiger partial charge in [0.05, 0.1) is 19.0 Å². The zero-order chi connectivity index (χ0) is 14.4. The van der Waals surface area contributed by atoms with E-state index < -0.39 is 5.97 Å². The molecular formula is C14H21N3O3. The molecule has 0 bridgehead atoms. The van der Waals surface area contributed by atoms with Gasteiger partial charge in [0.1, 0.15) is 12.2 Å². The van der Waals surface area contributed by atoms with Gasteiger partial charge in [-0.1, -0.05) is 6.42 Å². The van der Waals surface area contributed by atoms with Gasteiger partial charge in [-0.2, -0.15) is 0 Å². The van der Waals surface area contributed by atoms with Crippen LogP contribution >= 0.6 is 0 Å². The number of methoxy groups -OCH3 is 1. The van der Waals surface area contributed by atoms with E-state index in [1.165, 1.54) is 38.6 Å². The van der Waals surface area contributed by atoms with Crippen molar-refractivity contribution in [3.05, 3.63) is 17.8 Å². The lowest BCUT2D eigenvalue weighted by molar-refractivity contribution is 0.0594. The number of pyridine rings is 1. The van der Waals surface area contributed by atoms with Crippen molar-refractivity contribution in [1.82, 2.24) is 9.88 Å². The van der Waals surface area contributed by atoms with Crippen LogP contribution in [-0.4, -0.2) is 49.2 Å². The maximum absolute atomic E-state index is 11.6. The lowest BCUT2D eigenvalue weighted by Crippen LogP contribution is -2.33. The molecule has 0 unspecified atom stereocenters. The molecule has 2 rings (SSSR count). The van der Waals surface area contributed by atoms with Crippen molar-refractivity contribution in [2.45, 2.75) is 19.3 Å². The number of aromatic nitrogens is 1. The SMILES string of the molecule is COC(=O)c1cc(N)cnc1OCCN1CCCCC1. The highest BCUT2D eigenvalue weighted by molar-refractivity contribution is 5.92. The molecule has 110 valence electrons. The van der Waals surface area contributed by atoms with Crippen LogP contribution in [0.5, 0.6) is 5.88 Å². The maximum Gasteiger partial charge on any atom is 0.343 e. The summed E-state index contributed by atoms with van der Waals surface area (Å²) in [5.74, 6) is -0.208. The van der Waals surface area contributed by atoms with Crippen molar-refractivity contribution in [1.29, 1.82) is 0 Å². The van der Waals surface area contributed by atoms with Gasteiger partial charge in [-0.3, -0.25) is 4.90 Å². The Morgan fingerprint density at radius 1 is 1.40 bits per heavy atom. The summed E-state index contributed by atoms with van der Waals surface area (Å²) >= 11 is 0. The van der Waals surface area contributed by atoms with E-state index in [-0.39, 0.29) is 11.4 Å². The first-order chi connectivity index (χ1) is 9.70. The summed E-state index contributed by atoms with van der Waals surface area (Å²) in [7, 11) is 1.32. The zero-order valence-corrected chi connectivity index (χ0v) is 11.8. The van der Waals surface area contributed by atoms with E-state index in [9.17, 15) is 4.79 Å². The average Bonchev–Trinajstić information content (AvgIpc) is 2.49. The molecule has 1 saturated heterocycles. The van der Waals surface area contributed by atoms with Gasteiger partial charge in [0.25, 0.3) is 0 Å². The van der Waals surface area contributed by atoms with Gasteiger partial charge in [0.2, 0.25) is 5.88 Å². The van der Waals surface area contributed by atoms with Gasteiger partial charge in [0.15, 0.2) is 0 Å². The van der Waals surface area contributed by atoms with Gasteiger partial charge in [-0.15, -0.1) is 0 Å². The van der Waals surface area contributed by atoms with E-state index in [2.05, 4.69) is 9.88 Å². The predicted octanol–water partition coefficient (Wildman–Crippen LogP) is 1.32. The van der Waals surface area contributed by atoms with Crippen LogP contribution in [0.2, 0.25) is 0 Å². The Hall–Kier alpha value is -1.82. The van der Waals surface area contributed by atoms with E-state index in [1.807, 2.05) is 0 Å². The van der Waals surface area contributed by atoms with Crippen LogP contribution in [-0.2, 0) is 4.74 Å². The fourth-order valence-corrected chi connectivity index (χ4v) is 2.29. The third kappa shape index (κ3) is 3.84. The first kappa shape index (κ1) is 14.6. The minimum atomic E-state index is -0.488. The third-order valence-corrected chi connectivity index (χ3v) is 3.37. The highest BCUT2D eigenvalue weighted by atomic mass is 16.5. The number of rotatable bonds is 5. The number of hydrogen-bond donors (Lipinski definition) is 1. The number of nitrogens with zero attached hydrogens (tertiary/aromatic N) is 2. The number of ether oxygens (including phenoxy) is 2. The molecule has 1 aliphatic rings. The van der Waals surface area contributed by atoms with E-state index in [0.717, 1.165) is 19.6 Å². The largest absolute Gasteiger partial charge is 0.476 e. The number of nitrogens with two attached hydrogens (primary N) is 1. The molecule has 0 saturated carbocycles. The summed E-state index contributed by atoms with van der Waals surface area (Å²) in [5, 5.41) is 0. The summed E-state index contributed by atoms with van der Waals surface area (Å²) in [6, 6.07) is 1.52. The van der Waals surface area contributed by atoms with Crippen LogP contribution in [0, 0.1) is 0 Å². The molecule has 0 amide bonds. The van der Waals surface area contributed by atoms with Crippen molar-refractivity contribution < 1.29 is 14.3 Å². The Morgan fingerprint density at radius 2 is 2.15 bits per heavy atom. The number of esters is 1. The number of anilines is 1. The quantitative estimate of drug-likeness (QED) is 0.819. The molecule has 2 heterocycles. The van der Waals surface area contributed by atoms with Crippen molar-refractivity contribution in [3.63, 3.8) is 0 Å². The second kappa shape index (κ2) is 7.09. The number of carbonyl (C=O) groups excluding carboxylic acids is 1. The minimum absolute atomic E-state index is 0.270. The Balaban J connectivity index is 1.92.